The van der Waals surface area contributed by atoms with Crippen molar-refractivity contribution in [2.45, 2.75) is 85.9 Å². The summed E-state index contributed by atoms with van der Waals surface area (Å²) in [5.74, 6) is 0. The summed E-state index contributed by atoms with van der Waals surface area (Å²) in [6.07, 6.45) is 3.25. The third-order valence-corrected chi connectivity index (χ3v) is 4.95. The minimum absolute atomic E-state index is 0.214. The Morgan fingerprint density at radius 3 is 2.00 bits per heavy atom. The molecule has 30 heavy (non-hydrogen) atoms. The van der Waals surface area contributed by atoms with E-state index in [2.05, 4.69) is 40.8 Å². The quantitative estimate of drug-likeness (QED) is 0.421. The first-order chi connectivity index (χ1) is 13.6. The lowest BCUT2D eigenvalue weighted by Crippen LogP contribution is -2.44. The molecule has 166 valence electrons. The number of imide groups is 1. The number of ether oxygens (including phenoxy) is 2. The summed E-state index contributed by atoms with van der Waals surface area (Å²) < 4.78 is 11.7. The van der Waals surface area contributed by atoms with Gasteiger partial charge < -0.3 is 9.47 Å². The van der Waals surface area contributed by atoms with Crippen LogP contribution < -0.4 is 4.90 Å². The van der Waals surface area contributed by atoms with Gasteiger partial charge in [-0.3, -0.25) is 0 Å². The Bertz CT molecular complexity index is 820. The number of carbonyl (C=O) groups excluding carboxylic acids is 2. The van der Waals surface area contributed by atoms with Crippen molar-refractivity contribution in [1.29, 1.82) is 0 Å². The number of halogens is 1. The molecule has 1 aromatic heterocycles. The monoisotopic (exact) mass is 480 g/mol. The van der Waals surface area contributed by atoms with E-state index in [1.165, 1.54) is 0 Å². The molecule has 2 amide bonds. The highest BCUT2D eigenvalue weighted by Crippen LogP contribution is 2.40. The van der Waals surface area contributed by atoms with Crippen molar-refractivity contribution in [3.05, 3.63) is 28.5 Å². The van der Waals surface area contributed by atoms with Crippen molar-refractivity contribution in [3.8, 4) is 0 Å². The van der Waals surface area contributed by atoms with E-state index in [4.69, 9.17) is 9.47 Å². The van der Waals surface area contributed by atoms with Crippen molar-refractivity contribution in [1.82, 2.24) is 4.98 Å². The predicted molar refractivity (Wildman–Crippen MR) is 122 cm³/mol. The number of hydrogen-bond acceptors (Lipinski definition) is 5. The average molecular weight is 481 g/mol. The molecule has 6 nitrogen and oxygen atoms in total. The summed E-state index contributed by atoms with van der Waals surface area (Å²) in [6, 6.07) is 3.40. The molecule has 2 rings (SSSR count). The summed E-state index contributed by atoms with van der Waals surface area (Å²) in [7, 11) is 0. The smallest absolute Gasteiger partial charge is 0.424 e. The van der Waals surface area contributed by atoms with Crippen molar-refractivity contribution >= 4 is 39.4 Å². The Balaban J connectivity index is 2.56. The van der Waals surface area contributed by atoms with Gasteiger partial charge in [0.05, 0.1) is 11.4 Å². The fraction of sp³-hybridized carbons (Fsp3) is 0.609. The normalized spacial score (nSPS) is 16.5. The van der Waals surface area contributed by atoms with Crippen LogP contribution in [0, 0.1) is 5.41 Å². The van der Waals surface area contributed by atoms with E-state index in [0.717, 1.165) is 29.7 Å². The van der Waals surface area contributed by atoms with Crippen LogP contribution in [0.15, 0.2) is 22.8 Å². The first-order valence-corrected chi connectivity index (χ1v) is 11.0. The summed E-state index contributed by atoms with van der Waals surface area (Å²) in [5, 5.41) is 0. The lowest BCUT2D eigenvalue weighted by molar-refractivity contribution is 0.0430. The number of aromatic nitrogens is 1. The Labute approximate surface area is 188 Å². The minimum atomic E-state index is -0.793. The van der Waals surface area contributed by atoms with Crippen LogP contribution >= 0.6 is 15.9 Å². The highest BCUT2D eigenvalue weighted by atomic mass is 79.9. The van der Waals surface area contributed by atoms with Crippen LogP contribution in [-0.4, -0.2) is 28.4 Å². The minimum Gasteiger partial charge on any atom is -0.443 e. The van der Waals surface area contributed by atoms with E-state index in [9.17, 15) is 9.59 Å². The first-order valence-electron chi connectivity index (χ1n) is 10.2. The van der Waals surface area contributed by atoms with Crippen molar-refractivity contribution < 1.29 is 19.1 Å². The van der Waals surface area contributed by atoms with Gasteiger partial charge in [0.25, 0.3) is 0 Å². The second-order valence-corrected chi connectivity index (χ2v) is 11.2. The molecule has 1 heterocycles. The van der Waals surface area contributed by atoms with E-state index < -0.39 is 23.4 Å². The Hall–Kier alpha value is -1.89. The van der Waals surface area contributed by atoms with Crippen LogP contribution in [0.1, 0.15) is 80.3 Å². The molecule has 0 saturated carbocycles. The third kappa shape index (κ3) is 6.83. The van der Waals surface area contributed by atoms with Gasteiger partial charge in [-0.1, -0.05) is 19.9 Å². The molecular weight excluding hydrogens is 448 g/mol. The van der Waals surface area contributed by atoms with Crippen molar-refractivity contribution in [2.75, 3.05) is 4.90 Å². The highest BCUT2D eigenvalue weighted by molar-refractivity contribution is 9.10. The zero-order chi connectivity index (χ0) is 22.9. The van der Waals surface area contributed by atoms with Crippen molar-refractivity contribution in [3.63, 3.8) is 0 Å². The topological polar surface area (TPSA) is 68.7 Å². The van der Waals surface area contributed by atoms with Crippen LogP contribution in [0.25, 0.3) is 5.57 Å². The molecule has 0 N–H and O–H groups in total. The van der Waals surface area contributed by atoms with Gasteiger partial charge in [-0.05, 0) is 99.9 Å². The number of hydrogen-bond donors (Lipinski definition) is 0. The third-order valence-electron chi connectivity index (χ3n) is 4.51. The van der Waals surface area contributed by atoms with E-state index in [-0.39, 0.29) is 5.41 Å². The average Bonchev–Trinajstić information content (AvgIpc) is 2.53. The van der Waals surface area contributed by atoms with Gasteiger partial charge in [0, 0.05) is 0 Å². The van der Waals surface area contributed by atoms with Gasteiger partial charge in [0.1, 0.15) is 15.8 Å². The predicted octanol–water partition coefficient (Wildman–Crippen LogP) is 7.11. The molecule has 0 spiro atoms. The lowest BCUT2D eigenvalue weighted by Gasteiger charge is -2.31. The molecule has 1 aliphatic rings. The number of rotatable bonds is 2. The molecule has 0 saturated heterocycles. The van der Waals surface area contributed by atoms with Gasteiger partial charge in [-0.25, -0.2) is 14.6 Å². The highest BCUT2D eigenvalue weighted by Gasteiger charge is 2.35. The lowest BCUT2D eigenvalue weighted by atomic mass is 9.77. The molecule has 0 radical (unpaired) electrons. The van der Waals surface area contributed by atoms with Crippen LogP contribution in [0.2, 0.25) is 0 Å². The molecule has 0 aromatic carbocycles. The van der Waals surface area contributed by atoms with Crippen LogP contribution in [0.5, 0.6) is 0 Å². The fourth-order valence-corrected chi connectivity index (χ4v) is 3.33. The van der Waals surface area contributed by atoms with E-state index in [0.29, 0.717) is 16.0 Å². The van der Waals surface area contributed by atoms with Gasteiger partial charge in [0.15, 0.2) is 0 Å². The molecule has 1 aromatic rings. The van der Waals surface area contributed by atoms with Gasteiger partial charge in [0.2, 0.25) is 0 Å². The molecule has 1 aliphatic carbocycles. The maximum absolute atomic E-state index is 13.1. The number of nitrogens with zero attached hydrogens (tertiary/aromatic N) is 2. The van der Waals surface area contributed by atoms with Crippen LogP contribution in [-0.2, 0) is 9.47 Å². The molecule has 0 unspecified atom stereocenters. The van der Waals surface area contributed by atoms with Gasteiger partial charge in [-0.2, -0.15) is 4.90 Å². The Kier molecular flexibility index (Phi) is 7.06. The van der Waals surface area contributed by atoms with E-state index in [1.54, 1.807) is 53.7 Å². The van der Waals surface area contributed by atoms with Crippen LogP contribution in [0.4, 0.5) is 15.3 Å². The van der Waals surface area contributed by atoms with Crippen LogP contribution in [0.3, 0.4) is 0 Å². The molecule has 0 fully saturated rings. The summed E-state index contributed by atoms with van der Waals surface area (Å²) >= 11 is 3.42. The number of amides is 2. The molecule has 0 bridgehead atoms. The number of carbonyl (C=O) groups is 2. The maximum atomic E-state index is 13.1. The Morgan fingerprint density at radius 2 is 1.57 bits per heavy atom. The fourth-order valence-electron chi connectivity index (χ4n) is 3.02. The summed E-state index contributed by atoms with van der Waals surface area (Å²) in [5.41, 5.74) is 0.612. The summed E-state index contributed by atoms with van der Waals surface area (Å²) in [4.78, 5) is 31.7. The first kappa shape index (κ1) is 24.4. The SMILES string of the molecule is CC1(C)CC=C(c2nc(Br)ccc2N(C(=O)OC(C)(C)C)C(=O)OC(C)(C)C)CC1. The second-order valence-electron chi connectivity index (χ2n) is 10.4. The zero-order valence-corrected chi connectivity index (χ0v) is 20.8. The summed E-state index contributed by atoms with van der Waals surface area (Å²) in [6.45, 7) is 15.0. The van der Waals surface area contributed by atoms with E-state index in [1.807, 2.05) is 0 Å². The standard InChI is InChI=1S/C23H33BrN2O4/c1-21(2,3)29-19(27)26(20(28)30-22(4,5)6)16-9-10-17(24)25-18(16)15-11-13-23(7,8)14-12-15/h9-11H,12-14H2,1-8H3. The molecule has 7 heteroatoms. The van der Waals surface area contributed by atoms with Gasteiger partial charge in [-0.15, -0.1) is 0 Å². The zero-order valence-electron chi connectivity index (χ0n) is 19.3. The molecule has 0 atom stereocenters. The largest absolute Gasteiger partial charge is 0.443 e. The van der Waals surface area contributed by atoms with E-state index >= 15 is 0 Å². The molecule has 0 aliphatic heterocycles. The maximum Gasteiger partial charge on any atom is 0.424 e. The number of allylic oxidation sites excluding steroid dienone is 2. The Morgan fingerprint density at radius 1 is 1.03 bits per heavy atom. The van der Waals surface area contributed by atoms with Gasteiger partial charge >= 0.3 is 12.2 Å². The number of anilines is 1. The second kappa shape index (κ2) is 8.69. The molecular formula is C23H33BrN2O4. The number of pyridine rings is 1. The van der Waals surface area contributed by atoms with Crippen molar-refractivity contribution in [2.24, 2.45) is 5.41 Å².